The minimum Gasteiger partial charge on any atom is -0.376 e. The van der Waals surface area contributed by atoms with E-state index in [1.165, 1.54) is 5.39 Å². The molecule has 3 aromatic carbocycles. The molecule has 0 aliphatic rings. The maximum atomic E-state index is 11.7. The highest BCUT2D eigenvalue weighted by molar-refractivity contribution is 5.91. The number of para-hydroxylation sites is 1. The number of carbonyl (C=O) groups is 1. The number of fused-ring (bicyclic) bond motifs is 1. The van der Waals surface area contributed by atoms with E-state index in [-0.39, 0.29) is 12.5 Å². The van der Waals surface area contributed by atoms with Gasteiger partial charge in [-0.15, -0.1) is 0 Å². The van der Waals surface area contributed by atoms with Crippen LogP contribution in [0.1, 0.15) is 5.56 Å². The molecule has 0 aliphatic carbocycles. The van der Waals surface area contributed by atoms with Crippen molar-refractivity contribution in [3.05, 3.63) is 78.4 Å². The lowest BCUT2D eigenvalue weighted by molar-refractivity contribution is -0.119. The lowest BCUT2D eigenvalue weighted by Gasteiger charge is -2.04. The van der Waals surface area contributed by atoms with Crippen molar-refractivity contribution < 1.29 is 4.79 Å². The summed E-state index contributed by atoms with van der Waals surface area (Å²) in [5.41, 5.74) is 4.37. The highest BCUT2D eigenvalue weighted by Crippen LogP contribution is 2.14. The number of nitrogens with zero attached hydrogens (tertiary/aromatic N) is 1. The summed E-state index contributed by atoms with van der Waals surface area (Å²) < 4.78 is 0. The Labute approximate surface area is 134 Å². The Kier molecular flexibility index (Phi) is 4.64. The fourth-order valence-corrected chi connectivity index (χ4v) is 2.24. The Bertz CT molecular complexity index is 828. The highest BCUT2D eigenvalue weighted by atomic mass is 16.2. The molecular weight excluding hydrogens is 286 g/mol. The van der Waals surface area contributed by atoms with Crippen molar-refractivity contribution in [2.45, 2.75) is 0 Å². The summed E-state index contributed by atoms with van der Waals surface area (Å²) in [6.07, 6.45) is 1.65. The SMILES string of the molecule is O=C(CNc1ccccc1)N/N=C/c1ccc2ccccc2c1. The zero-order valence-corrected chi connectivity index (χ0v) is 12.6. The smallest absolute Gasteiger partial charge is 0.259 e. The number of hydrogen-bond acceptors (Lipinski definition) is 3. The van der Waals surface area contributed by atoms with Crippen LogP contribution in [0.2, 0.25) is 0 Å². The molecule has 4 nitrogen and oxygen atoms in total. The molecular formula is C19H17N3O. The van der Waals surface area contributed by atoms with Crippen molar-refractivity contribution in [3.8, 4) is 0 Å². The maximum absolute atomic E-state index is 11.7. The summed E-state index contributed by atoms with van der Waals surface area (Å²) in [7, 11) is 0. The van der Waals surface area contributed by atoms with Crippen LogP contribution in [0.5, 0.6) is 0 Å². The molecule has 0 atom stereocenters. The van der Waals surface area contributed by atoms with Gasteiger partial charge in [0.15, 0.2) is 0 Å². The molecule has 23 heavy (non-hydrogen) atoms. The second-order valence-corrected chi connectivity index (χ2v) is 5.12. The number of anilines is 1. The lowest BCUT2D eigenvalue weighted by Crippen LogP contribution is -2.25. The van der Waals surface area contributed by atoms with Crippen LogP contribution < -0.4 is 10.7 Å². The monoisotopic (exact) mass is 303 g/mol. The topological polar surface area (TPSA) is 53.5 Å². The van der Waals surface area contributed by atoms with Crippen molar-refractivity contribution >= 4 is 28.6 Å². The van der Waals surface area contributed by atoms with Gasteiger partial charge < -0.3 is 5.32 Å². The van der Waals surface area contributed by atoms with E-state index in [1.54, 1.807) is 6.21 Å². The first-order valence-electron chi connectivity index (χ1n) is 7.41. The predicted octanol–water partition coefficient (Wildman–Crippen LogP) is 3.40. The van der Waals surface area contributed by atoms with E-state index in [4.69, 9.17) is 0 Å². The Morgan fingerprint density at radius 2 is 1.65 bits per heavy atom. The zero-order chi connectivity index (χ0) is 15.9. The number of hydrogen-bond donors (Lipinski definition) is 2. The van der Waals surface area contributed by atoms with Crippen molar-refractivity contribution in [2.24, 2.45) is 5.10 Å². The summed E-state index contributed by atoms with van der Waals surface area (Å²) in [6, 6.07) is 23.7. The summed E-state index contributed by atoms with van der Waals surface area (Å²) >= 11 is 0. The molecule has 0 saturated carbocycles. The van der Waals surface area contributed by atoms with Crippen LogP contribution in [-0.4, -0.2) is 18.7 Å². The average Bonchev–Trinajstić information content (AvgIpc) is 2.61. The van der Waals surface area contributed by atoms with Gasteiger partial charge in [0.05, 0.1) is 12.8 Å². The van der Waals surface area contributed by atoms with E-state index >= 15 is 0 Å². The molecule has 2 N–H and O–H groups in total. The normalized spacial score (nSPS) is 10.8. The van der Waals surface area contributed by atoms with Gasteiger partial charge in [0.2, 0.25) is 0 Å². The molecule has 0 aliphatic heterocycles. The molecule has 0 unspecified atom stereocenters. The third-order valence-electron chi connectivity index (χ3n) is 3.40. The molecule has 0 bridgehead atoms. The van der Waals surface area contributed by atoms with Crippen molar-refractivity contribution in [2.75, 3.05) is 11.9 Å². The Balaban J connectivity index is 1.54. The van der Waals surface area contributed by atoms with E-state index in [1.807, 2.05) is 60.7 Å². The summed E-state index contributed by atoms with van der Waals surface area (Å²) in [5.74, 6) is -0.189. The number of amides is 1. The zero-order valence-electron chi connectivity index (χ0n) is 12.6. The van der Waals surface area contributed by atoms with Gasteiger partial charge in [-0.3, -0.25) is 4.79 Å². The molecule has 0 aromatic heterocycles. The van der Waals surface area contributed by atoms with Gasteiger partial charge in [-0.05, 0) is 34.5 Å². The molecule has 0 heterocycles. The fraction of sp³-hybridized carbons (Fsp3) is 0.0526. The van der Waals surface area contributed by atoms with Gasteiger partial charge in [-0.25, -0.2) is 5.43 Å². The van der Waals surface area contributed by atoms with Gasteiger partial charge in [-0.2, -0.15) is 5.10 Å². The molecule has 4 heteroatoms. The standard InChI is InChI=1S/C19H17N3O/c23-19(14-20-18-8-2-1-3-9-18)22-21-13-15-10-11-16-6-4-5-7-17(16)12-15/h1-13,20H,14H2,(H,22,23)/b21-13+. The van der Waals surface area contributed by atoms with E-state index in [0.29, 0.717) is 0 Å². The molecule has 1 amide bonds. The second-order valence-electron chi connectivity index (χ2n) is 5.12. The van der Waals surface area contributed by atoms with Gasteiger partial charge in [0, 0.05) is 5.69 Å². The summed E-state index contributed by atoms with van der Waals surface area (Å²) in [6.45, 7) is 0.180. The largest absolute Gasteiger partial charge is 0.376 e. The Morgan fingerprint density at radius 3 is 2.48 bits per heavy atom. The first kappa shape index (κ1) is 14.8. The minimum absolute atomic E-state index is 0.180. The third-order valence-corrected chi connectivity index (χ3v) is 3.40. The van der Waals surface area contributed by atoms with Crippen LogP contribution >= 0.6 is 0 Å². The number of hydrazone groups is 1. The third kappa shape index (κ3) is 4.17. The Morgan fingerprint density at radius 1 is 0.913 bits per heavy atom. The number of nitrogens with one attached hydrogen (secondary N) is 2. The second kappa shape index (κ2) is 7.22. The van der Waals surface area contributed by atoms with Gasteiger partial charge in [0.1, 0.15) is 0 Å². The van der Waals surface area contributed by atoms with E-state index in [9.17, 15) is 4.79 Å². The van der Waals surface area contributed by atoms with Gasteiger partial charge in [0.25, 0.3) is 5.91 Å². The van der Waals surface area contributed by atoms with Gasteiger partial charge in [-0.1, -0.05) is 54.6 Å². The summed E-state index contributed by atoms with van der Waals surface area (Å²) in [5, 5.41) is 9.36. The van der Waals surface area contributed by atoms with Crippen LogP contribution in [0.25, 0.3) is 10.8 Å². The lowest BCUT2D eigenvalue weighted by atomic mass is 10.1. The van der Waals surface area contributed by atoms with Crippen LogP contribution in [0, 0.1) is 0 Å². The molecule has 0 radical (unpaired) electrons. The predicted molar refractivity (Wildman–Crippen MR) is 94.6 cm³/mol. The van der Waals surface area contributed by atoms with E-state index in [0.717, 1.165) is 16.6 Å². The van der Waals surface area contributed by atoms with Crippen molar-refractivity contribution in [3.63, 3.8) is 0 Å². The van der Waals surface area contributed by atoms with Crippen LogP contribution in [-0.2, 0) is 4.79 Å². The molecule has 114 valence electrons. The first-order chi connectivity index (χ1) is 11.3. The van der Waals surface area contributed by atoms with Crippen molar-refractivity contribution in [1.29, 1.82) is 0 Å². The average molecular weight is 303 g/mol. The minimum atomic E-state index is -0.189. The Hall–Kier alpha value is -3.14. The number of rotatable bonds is 5. The quantitative estimate of drug-likeness (QED) is 0.560. The number of carbonyl (C=O) groups excluding carboxylic acids is 1. The van der Waals surface area contributed by atoms with Crippen molar-refractivity contribution in [1.82, 2.24) is 5.43 Å². The van der Waals surface area contributed by atoms with Gasteiger partial charge >= 0.3 is 0 Å². The fourth-order valence-electron chi connectivity index (χ4n) is 2.24. The van der Waals surface area contributed by atoms with E-state index in [2.05, 4.69) is 28.0 Å². The molecule has 0 saturated heterocycles. The maximum Gasteiger partial charge on any atom is 0.259 e. The van der Waals surface area contributed by atoms with Crippen LogP contribution in [0.3, 0.4) is 0 Å². The van der Waals surface area contributed by atoms with Crippen LogP contribution in [0.4, 0.5) is 5.69 Å². The molecule has 0 spiro atoms. The summed E-state index contributed by atoms with van der Waals surface area (Å²) in [4.78, 5) is 11.7. The molecule has 3 rings (SSSR count). The first-order valence-corrected chi connectivity index (χ1v) is 7.41. The van der Waals surface area contributed by atoms with Crippen LogP contribution in [0.15, 0.2) is 77.9 Å². The molecule has 0 fully saturated rings. The highest BCUT2D eigenvalue weighted by Gasteiger charge is 1.99. The molecule has 3 aromatic rings. The number of benzene rings is 3. The van der Waals surface area contributed by atoms with E-state index < -0.39 is 0 Å².